The topological polar surface area (TPSA) is 58.7 Å². The Labute approximate surface area is 128 Å². The number of hydrogen-bond acceptors (Lipinski definition) is 4. The van der Waals surface area contributed by atoms with Gasteiger partial charge in [-0.1, -0.05) is 37.7 Å². The summed E-state index contributed by atoms with van der Waals surface area (Å²) in [4.78, 5) is 16.5. The number of rotatable bonds is 4. The fourth-order valence-electron chi connectivity index (χ4n) is 1.78. The van der Waals surface area contributed by atoms with Gasteiger partial charge in [0.15, 0.2) is 5.16 Å². The third-order valence-corrected chi connectivity index (χ3v) is 4.26. The molecule has 0 radical (unpaired) electrons. The molecule has 5 heteroatoms. The molecule has 0 N–H and O–H groups in total. The molecular formula is C16H17N3OS. The van der Waals surface area contributed by atoms with Crippen LogP contribution in [0, 0.1) is 11.3 Å². The molecule has 0 saturated carbocycles. The van der Waals surface area contributed by atoms with E-state index in [1.165, 1.54) is 11.8 Å². The van der Waals surface area contributed by atoms with Gasteiger partial charge in [-0.05, 0) is 23.6 Å². The molecule has 4 nitrogen and oxygen atoms in total. The largest absolute Gasteiger partial charge is 0.291 e. The summed E-state index contributed by atoms with van der Waals surface area (Å²) in [6.45, 7) is 4.05. The molecule has 2 aromatic rings. The lowest BCUT2D eigenvalue weighted by Gasteiger charge is -2.10. The predicted octanol–water partition coefficient (Wildman–Crippen LogP) is 3.07. The first-order chi connectivity index (χ1) is 10.0. The Morgan fingerprint density at radius 3 is 2.57 bits per heavy atom. The highest BCUT2D eigenvalue weighted by molar-refractivity contribution is 7.98. The zero-order chi connectivity index (χ0) is 15.4. The predicted molar refractivity (Wildman–Crippen MR) is 84.3 cm³/mol. The van der Waals surface area contributed by atoms with Crippen molar-refractivity contribution in [3.63, 3.8) is 0 Å². The van der Waals surface area contributed by atoms with Crippen LogP contribution in [0.5, 0.6) is 0 Å². The van der Waals surface area contributed by atoms with E-state index in [1.54, 1.807) is 29.8 Å². The highest BCUT2D eigenvalue weighted by Crippen LogP contribution is 2.21. The molecular weight excluding hydrogens is 282 g/mol. The zero-order valence-corrected chi connectivity index (χ0v) is 13.1. The number of nitriles is 1. The molecule has 0 aliphatic heterocycles. The van der Waals surface area contributed by atoms with Crippen molar-refractivity contribution in [3.05, 3.63) is 57.5 Å². The number of nitrogens with zero attached hydrogens (tertiary/aromatic N) is 3. The molecule has 21 heavy (non-hydrogen) atoms. The summed E-state index contributed by atoms with van der Waals surface area (Å²) in [5, 5.41) is 9.50. The summed E-state index contributed by atoms with van der Waals surface area (Å²) in [5.41, 5.74) is 2.54. The van der Waals surface area contributed by atoms with Crippen LogP contribution in [0.2, 0.25) is 0 Å². The SMILES string of the molecule is CC(C)c1cc(=O)n(C)c(SCc2ccc(C#N)cc2)n1. The van der Waals surface area contributed by atoms with E-state index in [-0.39, 0.29) is 11.5 Å². The van der Waals surface area contributed by atoms with E-state index in [0.29, 0.717) is 11.3 Å². The van der Waals surface area contributed by atoms with Crippen LogP contribution >= 0.6 is 11.8 Å². The Bertz CT molecular complexity index is 727. The van der Waals surface area contributed by atoms with Crippen LogP contribution in [0.4, 0.5) is 0 Å². The van der Waals surface area contributed by atoms with Crippen LogP contribution in [0.15, 0.2) is 40.3 Å². The molecule has 0 unspecified atom stereocenters. The fraction of sp³-hybridized carbons (Fsp3) is 0.312. The molecule has 0 aliphatic carbocycles. The minimum absolute atomic E-state index is 0.0315. The van der Waals surface area contributed by atoms with Gasteiger partial charge in [0.2, 0.25) is 0 Å². The van der Waals surface area contributed by atoms with Gasteiger partial charge in [0, 0.05) is 18.9 Å². The van der Waals surface area contributed by atoms with Gasteiger partial charge in [0.25, 0.3) is 5.56 Å². The molecule has 0 aliphatic rings. The number of aromatic nitrogens is 2. The van der Waals surface area contributed by atoms with E-state index < -0.39 is 0 Å². The average Bonchev–Trinajstić information content (AvgIpc) is 2.49. The highest BCUT2D eigenvalue weighted by atomic mass is 32.2. The summed E-state index contributed by atoms with van der Waals surface area (Å²) in [5.74, 6) is 0.946. The molecule has 0 amide bonds. The quantitative estimate of drug-likeness (QED) is 0.643. The van der Waals surface area contributed by atoms with E-state index >= 15 is 0 Å². The summed E-state index contributed by atoms with van der Waals surface area (Å²) in [6, 6.07) is 11.1. The minimum Gasteiger partial charge on any atom is -0.291 e. The Morgan fingerprint density at radius 2 is 2.00 bits per heavy atom. The van der Waals surface area contributed by atoms with Crippen LogP contribution in [-0.4, -0.2) is 9.55 Å². The van der Waals surface area contributed by atoms with Crippen molar-refractivity contribution in [1.82, 2.24) is 9.55 Å². The molecule has 0 saturated heterocycles. The van der Waals surface area contributed by atoms with E-state index in [0.717, 1.165) is 16.4 Å². The first-order valence-electron chi connectivity index (χ1n) is 6.71. The van der Waals surface area contributed by atoms with Crippen LogP contribution in [0.1, 0.15) is 36.6 Å². The van der Waals surface area contributed by atoms with Crippen molar-refractivity contribution in [3.8, 4) is 6.07 Å². The normalized spacial score (nSPS) is 10.6. The van der Waals surface area contributed by atoms with Crippen molar-refractivity contribution in [2.45, 2.75) is 30.7 Å². The lowest BCUT2D eigenvalue weighted by molar-refractivity contribution is 0.668. The summed E-state index contributed by atoms with van der Waals surface area (Å²) < 4.78 is 1.57. The molecule has 1 aromatic heterocycles. The smallest absolute Gasteiger partial charge is 0.254 e. The van der Waals surface area contributed by atoms with Crippen LogP contribution in [-0.2, 0) is 12.8 Å². The Kier molecular flexibility index (Phi) is 4.81. The van der Waals surface area contributed by atoms with Gasteiger partial charge in [-0.25, -0.2) is 4.98 Å². The van der Waals surface area contributed by atoms with Gasteiger partial charge in [-0.3, -0.25) is 9.36 Å². The van der Waals surface area contributed by atoms with Crippen LogP contribution < -0.4 is 5.56 Å². The van der Waals surface area contributed by atoms with Gasteiger partial charge in [0.1, 0.15) is 0 Å². The van der Waals surface area contributed by atoms with Crippen molar-refractivity contribution >= 4 is 11.8 Å². The molecule has 0 fully saturated rings. The van der Waals surface area contributed by atoms with Crippen molar-refractivity contribution in [2.75, 3.05) is 0 Å². The van der Waals surface area contributed by atoms with E-state index in [1.807, 2.05) is 26.0 Å². The van der Waals surface area contributed by atoms with Gasteiger partial charge < -0.3 is 0 Å². The first-order valence-corrected chi connectivity index (χ1v) is 7.69. The van der Waals surface area contributed by atoms with Crippen molar-refractivity contribution < 1.29 is 0 Å². The van der Waals surface area contributed by atoms with Crippen molar-refractivity contribution in [2.24, 2.45) is 7.05 Å². The maximum Gasteiger partial charge on any atom is 0.254 e. The second-order valence-corrected chi connectivity index (χ2v) is 6.06. The molecule has 0 bridgehead atoms. The first kappa shape index (κ1) is 15.3. The third kappa shape index (κ3) is 3.73. The van der Waals surface area contributed by atoms with Crippen LogP contribution in [0.3, 0.4) is 0 Å². The maximum atomic E-state index is 11.9. The molecule has 108 valence electrons. The lowest BCUT2D eigenvalue weighted by atomic mass is 10.1. The standard InChI is InChI=1S/C16H17N3OS/c1-11(2)14-8-15(20)19(3)16(18-14)21-10-13-6-4-12(9-17)5-7-13/h4-8,11H,10H2,1-3H3. The zero-order valence-electron chi connectivity index (χ0n) is 12.3. The minimum atomic E-state index is -0.0315. The Hall–Kier alpha value is -2.06. The summed E-state index contributed by atoms with van der Waals surface area (Å²) >= 11 is 1.53. The van der Waals surface area contributed by atoms with E-state index in [2.05, 4.69) is 11.1 Å². The second-order valence-electron chi connectivity index (χ2n) is 5.11. The molecule has 0 spiro atoms. The second kappa shape index (κ2) is 6.59. The number of hydrogen-bond donors (Lipinski definition) is 0. The maximum absolute atomic E-state index is 11.9. The molecule has 1 aromatic carbocycles. The summed E-state index contributed by atoms with van der Waals surface area (Å²) in [7, 11) is 1.74. The van der Waals surface area contributed by atoms with E-state index in [9.17, 15) is 4.79 Å². The van der Waals surface area contributed by atoms with Crippen molar-refractivity contribution in [1.29, 1.82) is 5.26 Å². The number of benzene rings is 1. The molecule has 0 atom stereocenters. The van der Waals surface area contributed by atoms with Gasteiger partial charge in [0.05, 0.1) is 17.3 Å². The monoisotopic (exact) mass is 299 g/mol. The number of thioether (sulfide) groups is 1. The van der Waals surface area contributed by atoms with Gasteiger partial charge >= 0.3 is 0 Å². The van der Waals surface area contributed by atoms with Crippen LogP contribution in [0.25, 0.3) is 0 Å². The molecule has 2 rings (SSSR count). The molecule has 1 heterocycles. The Morgan fingerprint density at radius 1 is 1.33 bits per heavy atom. The lowest BCUT2D eigenvalue weighted by Crippen LogP contribution is -2.20. The highest BCUT2D eigenvalue weighted by Gasteiger charge is 2.09. The van der Waals surface area contributed by atoms with Gasteiger partial charge in [-0.2, -0.15) is 5.26 Å². The average molecular weight is 299 g/mol. The summed E-state index contributed by atoms with van der Waals surface area (Å²) in [6.07, 6.45) is 0. The van der Waals surface area contributed by atoms with E-state index in [4.69, 9.17) is 5.26 Å². The fourth-order valence-corrected chi connectivity index (χ4v) is 2.73. The Balaban J connectivity index is 2.19. The van der Waals surface area contributed by atoms with Gasteiger partial charge in [-0.15, -0.1) is 0 Å². The third-order valence-electron chi connectivity index (χ3n) is 3.16.